The van der Waals surface area contributed by atoms with Gasteiger partial charge in [-0.15, -0.1) is 0 Å². The lowest BCUT2D eigenvalue weighted by Crippen LogP contribution is -2.27. The zero-order valence-corrected chi connectivity index (χ0v) is 17.8. The standard InChI is InChI=1S/C21H31NO8/c1-4-14-11-18(25-3)15(12-17(14)24-2)5-8-22-19-20(30-19)27-13-28-21(23)29-16-6-9-26-10-7-16/h11-12,16,19-20,22H,4-10,13H2,1-3H3. The number of hydrogen-bond donors (Lipinski definition) is 1. The van der Waals surface area contributed by atoms with Gasteiger partial charge < -0.3 is 33.2 Å². The summed E-state index contributed by atoms with van der Waals surface area (Å²) >= 11 is 0. The highest BCUT2D eigenvalue weighted by Crippen LogP contribution is 2.30. The predicted molar refractivity (Wildman–Crippen MR) is 107 cm³/mol. The molecule has 1 N–H and O–H groups in total. The largest absolute Gasteiger partial charge is 0.510 e. The number of ether oxygens (including phenoxy) is 7. The van der Waals surface area contributed by atoms with Crippen LogP contribution >= 0.6 is 0 Å². The molecule has 0 saturated carbocycles. The number of nitrogens with one attached hydrogen (secondary N) is 1. The molecule has 2 unspecified atom stereocenters. The minimum atomic E-state index is -0.733. The Balaban J connectivity index is 1.32. The van der Waals surface area contributed by atoms with Gasteiger partial charge in [-0.25, -0.2) is 4.79 Å². The zero-order valence-electron chi connectivity index (χ0n) is 17.8. The van der Waals surface area contributed by atoms with Crippen LogP contribution in [-0.2, 0) is 36.5 Å². The van der Waals surface area contributed by atoms with E-state index >= 15 is 0 Å². The molecule has 9 nitrogen and oxygen atoms in total. The van der Waals surface area contributed by atoms with Crippen molar-refractivity contribution in [2.24, 2.45) is 0 Å². The van der Waals surface area contributed by atoms with Crippen molar-refractivity contribution in [1.29, 1.82) is 0 Å². The number of rotatable bonds is 11. The molecule has 0 spiro atoms. The molecule has 9 heteroatoms. The third-order valence-corrected chi connectivity index (χ3v) is 5.10. The van der Waals surface area contributed by atoms with E-state index in [9.17, 15) is 4.79 Å². The third kappa shape index (κ3) is 6.46. The Bertz CT molecular complexity index is 692. The number of carbonyl (C=O) groups excluding carboxylic acids is 1. The number of benzene rings is 1. The van der Waals surface area contributed by atoms with Gasteiger partial charge in [-0.2, -0.15) is 0 Å². The van der Waals surface area contributed by atoms with Crippen molar-refractivity contribution >= 4 is 6.16 Å². The van der Waals surface area contributed by atoms with Crippen LogP contribution in [0.2, 0.25) is 0 Å². The number of carbonyl (C=O) groups is 1. The van der Waals surface area contributed by atoms with Crippen molar-refractivity contribution in [1.82, 2.24) is 5.32 Å². The summed E-state index contributed by atoms with van der Waals surface area (Å²) in [7, 11) is 3.34. The highest BCUT2D eigenvalue weighted by molar-refractivity contribution is 5.60. The lowest BCUT2D eigenvalue weighted by atomic mass is 10.0. The average Bonchev–Trinajstić information content (AvgIpc) is 3.51. The maximum absolute atomic E-state index is 11.6. The van der Waals surface area contributed by atoms with Crippen molar-refractivity contribution in [2.45, 2.75) is 51.2 Å². The molecule has 30 heavy (non-hydrogen) atoms. The van der Waals surface area contributed by atoms with Crippen molar-refractivity contribution < 1.29 is 38.0 Å². The molecule has 3 rings (SSSR count). The van der Waals surface area contributed by atoms with E-state index in [0.717, 1.165) is 35.5 Å². The third-order valence-electron chi connectivity index (χ3n) is 5.10. The smallest absolute Gasteiger partial charge is 0.496 e. The Hall–Kier alpha value is -2.07. The van der Waals surface area contributed by atoms with E-state index in [1.165, 1.54) is 0 Å². The summed E-state index contributed by atoms with van der Waals surface area (Å²) in [4.78, 5) is 11.6. The molecule has 2 atom stereocenters. The monoisotopic (exact) mass is 425 g/mol. The normalized spacial score (nSPS) is 21.2. The Kier molecular flexibility index (Phi) is 8.56. The van der Waals surface area contributed by atoms with E-state index in [1.54, 1.807) is 14.2 Å². The van der Waals surface area contributed by atoms with Crippen molar-refractivity contribution in [3.8, 4) is 11.5 Å². The molecular formula is C21H31NO8. The van der Waals surface area contributed by atoms with Crippen LogP contribution in [0.3, 0.4) is 0 Å². The van der Waals surface area contributed by atoms with Crippen LogP contribution in [0, 0.1) is 0 Å². The van der Waals surface area contributed by atoms with Gasteiger partial charge in [0.05, 0.1) is 27.4 Å². The van der Waals surface area contributed by atoms with Gasteiger partial charge in [0, 0.05) is 19.4 Å². The fraction of sp³-hybridized carbons (Fsp3) is 0.667. The molecule has 2 aliphatic rings. The van der Waals surface area contributed by atoms with Crippen molar-refractivity contribution in [3.05, 3.63) is 23.3 Å². The number of methoxy groups -OCH3 is 2. The number of epoxide rings is 1. The van der Waals surface area contributed by atoms with E-state index in [0.29, 0.717) is 32.6 Å². The SMILES string of the molecule is CCc1cc(OC)c(CCNC2OC2OCOC(=O)OC2CCOCC2)cc1OC. The first-order chi connectivity index (χ1) is 14.6. The molecule has 0 radical (unpaired) electrons. The highest BCUT2D eigenvalue weighted by Gasteiger charge is 2.40. The Morgan fingerprint density at radius 1 is 1.13 bits per heavy atom. The first kappa shape index (κ1) is 22.6. The number of aryl methyl sites for hydroxylation is 1. The summed E-state index contributed by atoms with van der Waals surface area (Å²) in [6.45, 7) is 3.73. The first-order valence-electron chi connectivity index (χ1n) is 10.3. The molecule has 0 aliphatic carbocycles. The molecule has 1 aromatic rings. The van der Waals surface area contributed by atoms with Gasteiger partial charge in [-0.1, -0.05) is 6.92 Å². The Labute approximate surface area is 176 Å². The second-order valence-corrected chi connectivity index (χ2v) is 7.07. The van der Waals surface area contributed by atoms with Crippen LogP contribution in [0.25, 0.3) is 0 Å². The van der Waals surface area contributed by atoms with Gasteiger partial charge in [0.25, 0.3) is 0 Å². The molecule has 0 aromatic heterocycles. The summed E-state index contributed by atoms with van der Waals surface area (Å²) in [5.74, 6) is 1.71. The second-order valence-electron chi connectivity index (χ2n) is 7.07. The van der Waals surface area contributed by atoms with Crippen LogP contribution in [0.5, 0.6) is 11.5 Å². The summed E-state index contributed by atoms with van der Waals surface area (Å²) in [6.07, 6.45) is 1.42. The first-order valence-corrected chi connectivity index (χ1v) is 10.3. The Morgan fingerprint density at radius 2 is 1.83 bits per heavy atom. The zero-order chi connectivity index (χ0) is 21.3. The maximum Gasteiger partial charge on any atom is 0.510 e. The lowest BCUT2D eigenvalue weighted by molar-refractivity contribution is -0.0899. The molecular weight excluding hydrogens is 394 g/mol. The molecule has 0 amide bonds. The van der Waals surface area contributed by atoms with E-state index < -0.39 is 12.4 Å². The topological polar surface area (TPSA) is 97.0 Å². The lowest BCUT2D eigenvalue weighted by Gasteiger charge is -2.21. The van der Waals surface area contributed by atoms with Crippen LogP contribution in [0.1, 0.15) is 30.9 Å². The fourth-order valence-corrected chi connectivity index (χ4v) is 3.33. The summed E-state index contributed by atoms with van der Waals surface area (Å²) < 4.78 is 37.1. The van der Waals surface area contributed by atoms with E-state index in [1.807, 2.05) is 12.1 Å². The summed E-state index contributed by atoms with van der Waals surface area (Å²) in [5.41, 5.74) is 2.16. The van der Waals surface area contributed by atoms with Gasteiger partial charge in [0.2, 0.25) is 6.29 Å². The molecule has 2 aliphatic heterocycles. The van der Waals surface area contributed by atoms with E-state index in [-0.39, 0.29) is 19.1 Å². The average molecular weight is 425 g/mol. The minimum absolute atomic E-state index is 0.153. The summed E-state index contributed by atoms with van der Waals surface area (Å²) in [5, 5.41) is 3.25. The van der Waals surface area contributed by atoms with Crippen LogP contribution in [0.4, 0.5) is 4.79 Å². The van der Waals surface area contributed by atoms with Crippen LogP contribution in [0.15, 0.2) is 12.1 Å². The molecule has 2 heterocycles. The van der Waals surface area contributed by atoms with E-state index in [2.05, 4.69) is 12.2 Å². The van der Waals surface area contributed by atoms with Crippen molar-refractivity contribution in [3.63, 3.8) is 0 Å². The van der Waals surface area contributed by atoms with Crippen LogP contribution < -0.4 is 14.8 Å². The van der Waals surface area contributed by atoms with Gasteiger partial charge in [-0.3, -0.25) is 5.32 Å². The predicted octanol–water partition coefficient (Wildman–Crippen LogP) is 2.39. The molecule has 2 fully saturated rings. The van der Waals surface area contributed by atoms with Gasteiger partial charge in [0.1, 0.15) is 17.6 Å². The van der Waals surface area contributed by atoms with Gasteiger partial charge in [0.15, 0.2) is 13.0 Å². The fourth-order valence-electron chi connectivity index (χ4n) is 3.33. The van der Waals surface area contributed by atoms with Crippen LogP contribution in [-0.4, -0.2) is 65.5 Å². The van der Waals surface area contributed by atoms with Crippen molar-refractivity contribution in [2.75, 3.05) is 40.8 Å². The molecule has 2 saturated heterocycles. The molecule has 0 bridgehead atoms. The quantitative estimate of drug-likeness (QED) is 0.326. The summed E-state index contributed by atoms with van der Waals surface area (Å²) in [6, 6.07) is 4.03. The second kappa shape index (κ2) is 11.4. The Morgan fingerprint density at radius 3 is 2.53 bits per heavy atom. The maximum atomic E-state index is 11.6. The highest BCUT2D eigenvalue weighted by atomic mass is 16.8. The molecule has 1 aromatic carbocycles. The van der Waals surface area contributed by atoms with E-state index in [4.69, 9.17) is 33.2 Å². The van der Waals surface area contributed by atoms with Gasteiger partial charge >= 0.3 is 6.16 Å². The molecule has 168 valence electrons. The van der Waals surface area contributed by atoms with Gasteiger partial charge in [-0.05, 0) is 36.1 Å². The minimum Gasteiger partial charge on any atom is -0.496 e. The number of hydrogen-bond acceptors (Lipinski definition) is 9.